The summed E-state index contributed by atoms with van der Waals surface area (Å²) in [4.78, 5) is 25.4. The maximum absolute atomic E-state index is 12.5. The zero-order valence-electron chi connectivity index (χ0n) is 11.8. The molecule has 0 radical (unpaired) electrons. The first-order valence-corrected chi connectivity index (χ1v) is 8.54. The first-order chi connectivity index (χ1) is 10.0. The number of thioether (sulfide) groups is 1. The number of benzene rings is 1. The van der Waals surface area contributed by atoms with Gasteiger partial charge in [-0.2, -0.15) is 12.6 Å². The maximum atomic E-state index is 12.5. The van der Waals surface area contributed by atoms with Gasteiger partial charge in [-0.05, 0) is 5.56 Å². The number of carboxylic acid groups (broad SMARTS) is 1. The van der Waals surface area contributed by atoms with Crippen molar-refractivity contribution >= 4 is 36.3 Å². The monoisotopic (exact) mass is 325 g/mol. The normalized spacial score (nSPS) is 23.0. The van der Waals surface area contributed by atoms with Gasteiger partial charge in [-0.15, -0.1) is 11.8 Å². The lowest BCUT2D eigenvalue weighted by Gasteiger charge is -2.29. The Morgan fingerprint density at radius 3 is 2.67 bits per heavy atom. The molecule has 1 aromatic carbocycles. The highest BCUT2D eigenvalue weighted by molar-refractivity contribution is 8.00. The smallest absolute Gasteiger partial charge is 0.327 e. The van der Waals surface area contributed by atoms with E-state index >= 15 is 0 Å². The predicted molar refractivity (Wildman–Crippen MR) is 87.7 cm³/mol. The van der Waals surface area contributed by atoms with E-state index in [1.807, 2.05) is 30.3 Å². The first-order valence-electron chi connectivity index (χ1n) is 6.86. The van der Waals surface area contributed by atoms with Gasteiger partial charge in [0.25, 0.3) is 0 Å². The Morgan fingerprint density at radius 2 is 2.10 bits per heavy atom. The standard InChI is InChI=1S/C15H19NO3S2/c1-10(8-20)14(17)16-12(15(18)19)9-21-13(16)7-11-5-3-2-4-6-11/h2-6,10,12-13,20H,7-9H2,1H3,(H,18,19)/t10?,12-,13?/m0/s1. The molecule has 0 saturated carbocycles. The Kier molecular flexibility index (Phi) is 5.58. The molecule has 6 heteroatoms. The van der Waals surface area contributed by atoms with Gasteiger partial charge in [0.2, 0.25) is 5.91 Å². The summed E-state index contributed by atoms with van der Waals surface area (Å²) in [5.41, 5.74) is 1.11. The van der Waals surface area contributed by atoms with E-state index in [1.54, 1.807) is 11.8 Å². The molecule has 3 atom stereocenters. The summed E-state index contributed by atoms with van der Waals surface area (Å²) in [6.07, 6.45) is 0.667. The van der Waals surface area contributed by atoms with E-state index in [4.69, 9.17) is 0 Å². The van der Waals surface area contributed by atoms with Crippen molar-refractivity contribution in [1.29, 1.82) is 0 Å². The van der Waals surface area contributed by atoms with Crippen LogP contribution in [0.3, 0.4) is 0 Å². The Hall–Kier alpha value is -1.14. The second kappa shape index (κ2) is 7.22. The minimum atomic E-state index is -0.933. The molecule has 1 fully saturated rings. The molecule has 1 saturated heterocycles. The van der Waals surface area contributed by atoms with Crippen LogP contribution in [0.15, 0.2) is 30.3 Å². The average Bonchev–Trinajstić information content (AvgIpc) is 2.90. The number of rotatable bonds is 5. The summed E-state index contributed by atoms with van der Waals surface area (Å²) in [5.74, 6) is -0.462. The average molecular weight is 325 g/mol. The van der Waals surface area contributed by atoms with Crippen LogP contribution in [0, 0.1) is 5.92 Å². The summed E-state index contributed by atoms with van der Waals surface area (Å²) in [5, 5.41) is 9.22. The van der Waals surface area contributed by atoms with Gasteiger partial charge in [-0.3, -0.25) is 4.79 Å². The van der Waals surface area contributed by atoms with Crippen LogP contribution in [-0.4, -0.2) is 44.8 Å². The number of hydrogen-bond donors (Lipinski definition) is 2. The van der Waals surface area contributed by atoms with Gasteiger partial charge in [0.1, 0.15) is 6.04 Å². The molecular weight excluding hydrogens is 306 g/mol. The molecule has 21 heavy (non-hydrogen) atoms. The van der Waals surface area contributed by atoms with Gasteiger partial charge in [0.05, 0.1) is 5.37 Å². The van der Waals surface area contributed by atoms with Crippen molar-refractivity contribution in [2.45, 2.75) is 24.8 Å². The highest BCUT2D eigenvalue weighted by atomic mass is 32.2. The summed E-state index contributed by atoms with van der Waals surface area (Å²) < 4.78 is 0. The summed E-state index contributed by atoms with van der Waals surface area (Å²) in [6, 6.07) is 9.10. The number of nitrogens with zero attached hydrogens (tertiary/aromatic N) is 1. The lowest BCUT2D eigenvalue weighted by atomic mass is 10.1. The lowest BCUT2D eigenvalue weighted by Crippen LogP contribution is -2.48. The third kappa shape index (κ3) is 3.74. The molecule has 0 aromatic heterocycles. The van der Waals surface area contributed by atoms with Crippen molar-refractivity contribution in [3.63, 3.8) is 0 Å². The maximum Gasteiger partial charge on any atom is 0.327 e. The minimum Gasteiger partial charge on any atom is -0.480 e. The number of hydrogen-bond acceptors (Lipinski definition) is 4. The van der Waals surface area contributed by atoms with Crippen molar-refractivity contribution < 1.29 is 14.7 Å². The Labute approximate surface area is 134 Å². The molecule has 2 rings (SSSR count). The molecule has 114 valence electrons. The van der Waals surface area contributed by atoms with Crippen LogP contribution in [0.2, 0.25) is 0 Å². The molecule has 0 aliphatic carbocycles. The van der Waals surface area contributed by atoms with Crippen molar-refractivity contribution in [3.05, 3.63) is 35.9 Å². The van der Waals surface area contributed by atoms with Crippen LogP contribution in [-0.2, 0) is 16.0 Å². The van der Waals surface area contributed by atoms with E-state index in [1.165, 1.54) is 11.8 Å². The van der Waals surface area contributed by atoms with E-state index < -0.39 is 12.0 Å². The van der Waals surface area contributed by atoms with Gasteiger partial charge in [-0.25, -0.2) is 4.79 Å². The van der Waals surface area contributed by atoms with Gasteiger partial charge in [-0.1, -0.05) is 37.3 Å². The molecule has 0 spiro atoms. The Bertz CT molecular complexity index is 509. The first kappa shape index (κ1) is 16.2. The van der Waals surface area contributed by atoms with Crippen molar-refractivity contribution in [2.75, 3.05) is 11.5 Å². The summed E-state index contributed by atoms with van der Waals surface area (Å²) in [7, 11) is 0. The second-order valence-electron chi connectivity index (χ2n) is 5.16. The molecule has 1 aliphatic heterocycles. The summed E-state index contributed by atoms with van der Waals surface area (Å²) >= 11 is 5.69. The zero-order chi connectivity index (χ0) is 15.4. The molecule has 1 N–H and O–H groups in total. The van der Waals surface area contributed by atoms with Gasteiger partial charge < -0.3 is 10.0 Å². The lowest BCUT2D eigenvalue weighted by molar-refractivity contribution is -0.150. The quantitative estimate of drug-likeness (QED) is 0.815. The number of carboxylic acids is 1. The van der Waals surface area contributed by atoms with Crippen LogP contribution in [0.4, 0.5) is 0 Å². The number of carbonyl (C=O) groups is 2. The molecule has 1 heterocycles. The molecule has 2 unspecified atom stereocenters. The van der Waals surface area contributed by atoms with Crippen molar-refractivity contribution in [3.8, 4) is 0 Å². The van der Waals surface area contributed by atoms with Crippen LogP contribution in [0.1, 0.15) is 12.5 Å². The van der Waals surface area contributed by atoms with Gasteiger partial charge in [0.15, 0.2) is 0 Å². The van der Waals surface area contributed by atoms with E-state index in [0.717, 1.165) is 5.56 Å². The molecule has 0 bridgehead atoms. The SMILES string of the molecule is CC(CS)C(=O)N1C(Cc2ccccc2)SC[C@H]1C(=O)O. The van der Waals surface area contributed by atoms with Crippen molar-refractivity contribution in [1.82, 2.24) is 4.90 Å². The molecular formula is C15H19NO3S2. The number of thiol groups is 1. The fourth-order valence-corrected chi connectivity index (χ4v) is 3.94. The van der Waals surface area contributed by atoms with Crippen molar-refractivity contribution in [2.24, 2.45) is 5.92 Å². The predicted octanol–water partition coefficient (Wildman–Crippen LogP) is 2.15. The van der Waals surface area contributed by atoms with E-state index in [9.17, 15) is 14.7 Å². The molecule has 1 aliphatic rings. The van der Waals surface area contributed by atoms with Gasteiger partial charge >= 0.3 is 5.97 Å². The Balaban J connectivity index is 2.19. The highest BCUT2D eigenvalue weighted by Gasteiger charge is 2.42. The van der Waals surface area contributed by atoms with E-state index in [-0.39, 0.29) is 17.2 Å². The van der Waals surface area contributed by atoms with Crippen LogP contribution in [0.5, 0.6) is 0 Å². The fraction of sp³-hybridized carbons (Fsp3) is 0.467. The topological polar surface area (TPSA) is 57.6 Å². The fourth-order valence-electron chi connectivity index (χ4n) is 2.35. The number of aliphatic carboxylic acids is 1. The molecule has 4 nitrogen and oxygen atoms in total. The number of carbonyl (C=O) groups excluding carboxylic acids is 1. The second-order valence-corrected chi connectivity index (χ2v) is 6.74. The highest BCUT2D eigenvalue weighted by Crippen LogP contribution is 2.33. The summed E-state index contributed by atoms with van der Waals surface area (Å²) in [6.45, 7) is 1.79. The number of amides is 1. The minimum absolute atomic E-state index is 0.122. The third-order valence-electron chi connectivity index (χ3n) is 3.58. The molecule has 1 aromatic rings. The zero-order valence-corrected chi connectivity index (χ0v) is 13.5. The molecule has 1 amide bonds. The van der Waals surface area contributed by atoms with Crippen LogP contribution >= 0.6 is 24.4 Å². The van der Waals surface area contributed by atoms with E-state index in [0.29, 0.717) is 17.9 Å². The van der Waals surface area contributed by atoms with Crippen LogP contribution < -0.4 is 0 Å². The van der Waals surface area contributed by atoms with Crippen LogP contribution in [0.25, 0.3) is 0 Å². The largest absolute Gasteiger partial charge is 0.480 e. The Morgan fingerprint density at radius 1 is 1.43 bits per heavy atom. The van der Waals surface area contributed by atoms with E-state index in [2.05, 4.69) is 12.6 Å². The third-order valence-corrected chi connectivity index (χ3v) is 5.42. The van der Waals surface area contributed by atoms with Gasteiger partial charge in [0, 0.05) is 23.8 Å².